The Kier molecular flexibility index (Phi) is 4.58. The van der Waals surface area contributed by atoms with Gasteiger partial charge in [0.1, 0.15) is 5.03 Å². The van der Waals surface area contributed by atoms with Gasteiger partial charge in [-0.05, 0) is 17.5 Å². The van der Waals surface area contributed by atoms with Crippen molar-refractivity contribution in [2.45, 2.75) is 11.3 Å². The van der Waals surface area contributed by atoms with Crippen LogP contribution in [0.15, 0.2) is 41.2 Å². The van der Waals surface area contributed by atoms with Crippen molar-refractivity contribution in [3.63, 3.8) is 0 Å². The standard InChI is InChI=1S/C17H15ClN4O5S/c18-9-7-28-16-13(11-5-8-3-1-2-4-10(8)20-11)14(24)22(16,21-12(23)6-19)15(9)27-17(25)26/h1-5,13,16,20H,6-7,19H2,(H-,21,23,25,26)/p+1/t13?,16-,22?/m0/s1. The molecule has 0 radical (unpaired) electrons. The predicted octanol–water partition coefficient (Wildman–Crippen LogP) is 1.77. The number of aromatic amines is 1. The first-order valence-corrected chi connectivity index (χ1v) is 9.74. The summed E-state index contributed by atoms with van der Waals surface area (Å²) in [6, 6.07) is 9.45. The zero-order valence-electron chi connectivity index (χ0n) is 14.3. The smallest absolute Gasteiger partial charge is 0.449 e. The summed E-state index contributed by atoms with van der Waals surface area (Å²) in [5.74, 6) is -1.76. The number of hydrogen-bond acceptors (Lipinski definition) is 6. The molecule has 2 aliphatic heterocycles. The van der Waals surface area contributed by atoms with E-state index in [-0.39, 0.29) is 23.2 Å². The quantitative estimate of drug-likeness (QED) is 0.334. The van der Waals surface area contributed by atoms with E-state index in [1.54, 1.807) is 0 Å². The number of aromatic nitrogens is 1. The summed E-state index contributed by atoms with van der Waals surface area (Å²) >= 11 is 7.51. The molecule has 0 saturated carbocycles. The lowest BCUT2D eigenvalue weighted by atomic mass is 9.92. The number of halogens is 1. The summed E-state index contributed by atoms with van der Waals surface area (Å²) in [5.41, 5.74) is 9.44. The van der Waals surface area contributed by atoms with Gasteiger partial charge in [0.25, 0.3) is 5.91 Å². The molecule has 0 aliphatic carbocycles. The Morgan fingerprint density at radius 1 is 1.43 bits per heavy atom. The molecular formula is C17H16ClN4O5S+. The lowest BCUT2D eigenvalue weighted by Gasteiger charge is -2.51. The average molecular weight is 424 g/mol. The Morgan fingerprint density at radius 2 is 2.18 bits per heavy atom. The highest BCUT2D eigenvalue weighted by Gasteiger charge is 2.72. The van der Waals surface area contributed by atoms with E-state index in [9.17, 15) is 14.4 Å². The van der Waals surface area contributed by atoms with Crippen LogP contribution >= 0.6 is 23.4 Å². The third-order valence-corrected chi connectivity index (χ3v) is 6.61. The number of para-hydroxylation sites is 1. The molecule has 9 nitrogen and oxygen atoms in total. The number of nitrogens with two attached hydrogens (primary N) is 1. The van der Waals surface area contributed by atoms with Crippen LogP contribution in [0.2, 0.25) is 0 Å². The molecule has 0 spiro atoms. The van der Waals surface area contributed by atoms with Gasteiger partial charge in [-0.3, -0.25) is 4.79 Å². The predicted molar refractivity (Wildman–Crippen MR) is 102 cm³/mol. The van der Waals surface area contributed by atoms with Gasteiger partial charge in [0.05, 0.1) is 6.54 Å². The molecule has 3 heterocycles. The highest BCUT2D eigenvalue weighted by atomic mass is 35.5. The Hall–Kier alpha value is -2.53. The summed E-state index contributed by atoms with van der Waals surface area (Å²) in [6.45, 7) is -0.375. The molecule has 3 atom stereocenters. The highest BCUT2D eigenvalue weighted by molar-refractivity contribution is 8.00. The van der Waals surface area contributed by atoms with Crippen LogP contribution in [0.1, 0.15) is 11.6 Å². The highest BCUT2D eigenvalue weighted by Crippen LogP contribution is 2.54. The van der Waals surface area contributed by atoms with Gasteiger partial charge in [-0.15, -0.1) is 0 Å². The van der Waals surface area contributed by atoms with Crippen LogP contribution in [0, 0.1) is 0 Å². The number of quaternary nitrogens is 1. The molecule has 11 heteroatoms. The molecule has 2 aromatic rings. The normalized spacial score (nSPS) is 26.6. The maximum atomic E-state index is 13.3. The van der Waals surface area contributed by atoms with E-state index < -0.39 is 33.9 Å². The van der Waals surface area contributed by atoms with E-state index in [0.717, 1.165) is 10.9 Å². The molecule has 0 bridgehead atoms. The van der Waals surface area contributed by atoms with Crippen LogP contribution in [0.5, 0.6) is 0 Å². The Bertz CT molecular complexity index is 1000. The molecule has 1 fully saturated rings. The molecule has 1 saturated heterocycles. The number of carbonyl (C=O) groups excluding carboxylic acids is 2. The van der Waals surface area contributed by atoms with Crippen LogP contribution in [0.4, 0.5) is 4.79 Å². The van der Waals surface area contributed by atoms with E-state index in [1.165, 1.54) is 11.8 Å². The molecule has 2 amide bonds. The van der Waals surface area contributed by atoms with Gasteiger partial charge in [-0.2, -0.15) is 5.43 Å². The molecular weight excluding hydrogens is 408 g/mol. The minimum Gasteiger partial charge on any atom is -0.449 e. The van der Waals surface area contributed by atoms with Crippen molar-refractivity contribution >= 4 is 52.2 Å². The van der Waals surface area contributed by atoms with Crippen molar-refractivity contribution < 1.29 is 28.8 Å². The third kappa shape index (κ3) is 2.68. The number of nitrogens with zero attached hydrogens (tertiary/aromatic N) is 1. The van der Waals surface area contributed by atoms with Crippen LogP contribution in [-0.2, 0) is 14.3 Å². The van der Waals surface area contributed by atoms with E-state index in [2.05, 4.69) is 10.4 Å². The minimum absolute atomic E-state index is 0.0458. The van der Waals surface area contributed by atoms with Gasteiger partial charge in [0, 0.05) is 17.0 Å². The summed E-state index contributed by atoms with van der Waals surface area (Å²) in [6.07, 6.45) is -1.62. The van der Waals surface area contributed by atoms with Crippen molar-refractivity contribution in [2.24, 2.45) is 5.73 Å². The molecule has 1 aromatic heterocycles. The lowest BCUT2D eigenvalue weighted by Crippen LogP contribution is -2.79. The number of carbonyl (C=O) groups is 3. The van der Waals surface area contributed by atoms with E-state index in [1.807, 2.05) is 30.3 Å². The molecule has 2 unspecified atom stereocenters. The number of thioether (sulfide) groups is 1. The first kappa shape index (κ1) is 18.8. The number of amides is 2. The first-order chi connectivity index (χ1) is 13.4. The monoisotopic (exact) mass is 423 g/mol. The molecule has 28 heavy (non-hydrogen) atoms. The number of benzene rings is 1. The number of carboxylic acid groups (broad SMARTS) is 1. The minimum atomic E-state index is -1.62. The molecule has 2 aliphatic rings. The zero-order chi connectivity index (χ0) is 20.1. The fourth-order valence-corrected chi connectivity index (χ4v) is 5.35. The van der Waals surface area contributed by atoms with Gasteiger partial charge in [0.2, 0.25) is 0 Å². The lowest BCUT2D eigenvalue weighted by molar-refractivity contribution is -0.905. The number of rotatable bonds is 4. The Labute approximate surface area is 168 Å². The van der Waals surface area contributed by atoms with E-state index in [0.29, 0.717) is 5.69 Å². The fourth-order valence-electron chi connectivity index (χ4n) is 3.62. The van der Waals surface area contributed by atoms with Crippen LogP contribution in [-0.4, -0.2) is 50.3 Å². The SMILES string of the molecule is NCC(=O)N[N+]12C(=O)C(c3cc4ccccc4[nH]3)[C@@H]1SCC(Cl)=C2OC(=O)O. The Balaban J connectivity index is 1.79. The summed E-state index contributed by atoms with van der Waals surface area (Å²) in [5, 5.41) is 9.54. The van der Waals surface area contributed by atoms with Gasteiger partial charge in [-0.1, -0.05) is 46.2 Å². The molecule has 1 aromatic carbocycles. The fraction of sp³-hybridized carbons (Fsp3) is 0.235. The molecule has 4 rings (SSSR count). The van der Waals surface area contributed by atoms with Gasteiger partial charge in [0.15, 0.2) is 11.3 Å². The van der Waals surface area contributed by atoms with Crippen LogP contribution in [0.25, 0.3) is 10.9 Å². The van der Waals surface area contributed by atoms with Gasteiger partial charge < -0.3 is 20.6 Å². The third-order valence-electron chi connectivity index (χ3n) is 4.77. The largest absolute Gasteiger partial charge is 0.515 e. The van der Waals surface area contributed by atoms with Gasteiger partial charge >= 0.3 is 17.9 Å². The first-order valence-electron chi connectivity index (χ1n) is 8.32. The maximum Gasteiger partial charge on any atom is 0.515 e. The topological polar surface area (TPSA) is 135 Å². The van der Waals surface area contributed by atoms with Gasteiger partial charge in [-0.25, -0.2) is 9.59 Å². The van der Waals surface area contributed by atoms with Crippen molar-refractivity contribution in [1.29, 1.82) is 0 Å². The van der Waals surface area contributed by atoms with Crippen molar-refractivity contribution in [2.75, 3.05) is 12.3 Å². The molecule has 146 valence electrons. The van der Waals surface area contributed by atoms with Crippen molar-refractivity contribution in [3.05, 3.63) is 46.9 Å². The van der Waals surface area contributed by atoms with E-state index in [4.69, 9.17) is 27.2 Å². The average Bonchev–Trinajstić information content (AvgIpc) is 3.08. The van der Waals surface area contributed by atoms with Crippen LogP contribution in [0.3, 0.4) is 0 Å². The maximum absolute atomic E-state index is 13.3. The van der Waals surface area contributed by atoms with Crippen molar-refractivity contribution in [1.82, 2.24) is 10.4 Å². The summed E-state index contributed by atoms with van der Waals surface area (Å²) in [7, 11) is 0. The van der Waals surface area contributed by atoms with E-state index >= 15 is 0 Å². The second-order valence-electron chi connectivity index (χ2n) is 6.37. The number of fused-ring (bicyclic) bond motifs is 2. The number of H-pyrrole nitrogens is 1. The second-order valence-corrected chi connectivity index (χ2v) is 7.93. The second kappa shape index (κ2) is 6.82. The Morgan fingerprint density at radius 3 is 2.86 bits per heavy atom. The number of ether oxygens (including phenoxy) is 1. The summed E-state index contributed by atoms with van der Waals surface area (Å²) < 4.78 is 4.02. The zero-order valence-corrected chi connectivity index (χ0v) is 15.9. The number of nitrogens with one attached hydrogen (secondary N) is 2. The summed E-state index contributed by atoms with van der Waals surface area (Å²) in [4.78, 5) is 39.7. The van der Waals surface area contributed by atoms with Crippen LogP contribution < -0.4 is 11.2 Å². The number of hydrogen-bond donors (Lipinski definition) is 4. The van der Waals surface area contributed by atoms with Crippen molar-refractivity contribution in [3.8, 4) is 0 Å². The number of β-lactam (4-membered cyclic amide) rings is 1. The molecule has 5 N–H and O–H groups in total.